The number of halogens is 4. The minimum atomic E-state index is -4.78. The Morgan fingerprint density at radius 3 is 2.43 bits per heavy atom. The van der Waals surface area contributed by atoms with Crippen molar-refractivity contribution in [2.24, 2.45) is 0 Å². The molecule has 3 rings (SSSR count). The van der Waals surface area contributed by atoms with E-state index in [4.69, 9.17) is 20.8 Å². The van der Waals surface area contributed by atoms with Crippen molar-refractivity contribution >= 4 is 23.2 Å². The number of para-hydroxylation sites is 1. The molecule has 1 aromatic heterocycles. The first-order valence-corrected chi connectivity index (χ1v) is 8.31. The number of ether oxygens (including phenoxy) is 2. The molecule has 146 valence electrons. The maximum absolute atomic E-state index is 12.2. The fourth-order valence-corrected chi connectivity index (χ4v) is 2.41. The highest BCUT2D eigenvalue weighted by atomic mass is 35.5. The third kappa shape index (κ3) is 5.43. The molecule has 0 spiro atoms. The zero-order valence-corrected chi connectivity index (χ0v) is 14.9. The standard InChI is InChI=1S/C19H13ClF3NO4/c20-15-3-1-2-4-16(15)26-11-14-9-10-17(27-14)18(25)24-12-5-7-13(8-6-12)28-19(21,22)23/h1-10H,11H2,(H,24,25). The van der Waals surface area contributed by atoms with Crippen LogP contribution < -0.4 is 14.8 Å². The Hall–Kier alpha value is -3.13. The maximum atomic E-state index is 12.2. The molecule has 1 amide bonds. The summed E-state index contributed by atoms with van der Waals surface area (Å²) >= 11 is 5.99. The van der Waals surface area contributed by atoms with Crippen LogP contribution in [0.4, 0.5) is 18.9 Å². The van der Waals surface area contributed by atoms with Crippen LogP contribution in [0.2, 0.25) is 5.02 Å². The second-order valence-corrected chi connectivity index (χ2v) is 5.92. The summed E-state index contributed by atoms with van der Waals surface area (Å²) in [6, 6.07) is 14.7. The third-order valence-corrected chi connectivity index (χ3v) is 3.75. The van der Waals surface area contributed by atoms with Gasteiger partial charge in [0.2, 0.25) is 0 Å². The number of anilines is 1. The molecule has 5 nitrogen and oxygen atoms in total. The number of amides is 1. The van der Waals surface area contributed by atoms with Crippen LogP contribution in [0.25, 0.3) is 0 Å². The summed E-state index contributed by atoms with van der Waals surface area (Å²) in [6.45, 7) is 0.0699. The first-order chi connectivity index (χ1) is 13.3. The molecular weight excluding hydrogens is 399 g/mol. The lowest BCUT2D eigenvalue weighted by atomic mass is 10.3. The number of benzene rings is 2. The number of alkyl halides is 3. The van der Waals surface area contributed by atoms with Gasteiger partial charge >= 0.3 is 6.36 Å². The normalized spacial score (nSPS) is 11.1. The molecule has 0 aliphatic rings. The monoisotopic (exact) mass is 411 g/mol. The van der Waals surface area contributed by atoms with Crippen molar-refractivity contribution in [1.82, 2.24) is 0 Å². The molecule has 0 aliphatic heterocycles. The van der Waals surface area contributed by atoms with Gasteiger partial charge in [0.15, 0.2) is 5.76 Å². The highest BCUT2D eigenvalue weighted by molar-refractivity contribution is 6.32. The number of carbonyl (C=O) groups excluding carboxylic acids is 1. The van der Waals surface area contributed by atoms with Gasteiger partial charge in [-0.05, 0) is 48.5 Å². The third-order valence-electron chi connectivity index (χ3n) is 3.44. The minimum Gasteiger partial charge on any atom is -0.484 e. The van der Waals surface area contributed by atoms with E-state index < -0.39 is 12.3 Å². The SMILES string of the molecule is O=C(Nc1ccc(OC(F)(F)F)cc1)c1ccc(COc2ccccc2Cl)o1. The molecule has 0 aliphatic carbocycles. The molecular formula is C19H13ClF3NO4. The van der Waals surface area contributed by atoms with Crippen molar-refractivity contribution in [2.75, 3.05) is 5.32 Å². The molecule has 0 saturated heterocycles. The lowest BCUT2D eigenvalue weighted by Gasteiger charge is -2.09. The topological polar surface area (TPSA) is 60.7 Å². The Kier molecular flexibility index (Phi) is 5.79. The van der Waals surface area contributed by atoms with E-state index in [2.05, 4.69) is 10.1 Å². The summed E-state index contributed by atoms with van der Waals surface area (Å²) in [6.07, 6.45) is -4.78. The van der Waals surface area contributed by atoms with E-state index in [0.717, 1.165) is 12.1 Å². The number of nitrogens with one attached hydrogen (secondary N) is 1. The van der Waals surface area contributed by atoms with Gasteiger partial charge in [0.25, 0.3) is 5.91 Å². The van der Waals surface area contributed by atoms with Gasteiger partial charge in [-0.3, -0.25) is 4.79 Å². The molecule has 2 aromatic carbocycles. The summed E-state index contributed by atoms with van der Waals surface area (Å²) in [4.78, 5) is 12.2. The predicted octanol–water partition coefficient (Wildman–Crippen LogP) is 5.66. The smallest absolute Gasteiger partial charge is 0.484 e. The van der Waals surface area contributed by atoms with Crippen molar-refractivity contribution < 1.29 is 31.9 Å². The average molecular weight is 412 g/mol. The van der Waals surface area contributed by atoms with Gasteiger partial charge in [0.1, 0.15) is 23.9 Å². The molecule has 0 fully saturated rings. The number of furan rings is 1. The van der Waals surface area contributed by atoms with Crippen molar-refractivity contribution in [1.29, 1.82) is 0 Å². The van der Waals surface area contributed by atoms with Crippen LogP contribution >= 0.6 is 11.6 Å². The number of hydrogen-bond donors (Lipinski definition) is 1. The first kappa shape index (κ1) is 19.6. The van der Waals surface area contributed by atoms with Gasteiger partial charge in [-0.1, -0.05) is 23.7 Å². The molecule has 3 aromatic rings. The molecule has 0 atom stereocenters. The van der Waals surface area contributed by atoms with Gasteiger partial charge < -0.3 is 19.2 Å². The van der Waals surface area contributed by atoms with Crippen LogP contribution in [0, 0.1) is 0 Å². The van der Waals surface area contributed by atoms with E-state index in [1.807, 2.05) is 0 Å². The van der Waals surface area contributed by atoms with Crippen molar-refractivity contribution in [3.8, 4) is 11.5 Å². The fraction of sp³-hybridized carbons (Fsp3) is 0.105. The molecule has 0 radical (unpaired) electrons. The summed E-state index contributed by atoms with van der Waals surface area (Å²) in [5.74, 6) is -0.0453. The largest absolute Gasteiger partial charge is 0.573 e. The molecule has 1 heterocycles. The van der Waals surface area contributed by atoms with Gasteiger partial charge in [-0.2, -0.15) is 0 Å². The Morgan fingerprint density at radius 2 is 1.75 bits per heavy atom. The summed E-state index contributed by atoms with van der Waals surface area (Å²) in [7, 11) is 0. The molecule has 28 heavy (non-hydrogen) atoms. The van der Waals surface area contributed by atoms with Crippen LogP contribution in [-0.4, -0.2) is 12.3 Å². The van der Waals surface area contributed by atoms with E-state index in [1.165, 1.54) is 18.2 Å². The maximum Gasteiger partial charge on any atom is 0.573 e. The summed E-state index contributed by atoms with van der Waals surface area (Å²) in [5.41, 5.74) is 0.282. The molecule has 0 saturated carbocycles. The van der Waals surface area contributed by atoms with Crippen LogP contribution in [-0.2, 0) is 6.61 Å². The zero-order valence-electron chi connectivity index (χ0n) is 14.1. The van der Waals surface area contributed by atoms with E-state index >= 15 is 0 Å². The van der Waals surface area contributed by atoms with Gasteiger partial charge in [-0.25, -0.2) is 0 Å². The zero-order chi connectivity index (χ0) is 20.1. The van der Waals surface area contributed by atoms with Crippen molar-refractivity contribution in [3.63, 3.8) is 0 Å². The van der Waals surface area contributed by atoms with Crippen molar-refractivity contribution in [2.45, 2.75) is 13.0 Å². The Labute approximate surface area is 162 Å². The summed E-state index contributed by atoms with van der Waals surface area (Å²) in [5, 5.41) is 2.96. The summed E-state index contributed by atoms with van der Waals surface area (Å²) < 4.78 is 51.1. The second-order valence-electron chi connectivity index (χ2n) is 5.51. The highest BCUT2D eigenvalue weighted by Crippen LogP contribution is 2.25. The molecule has 0 bridgehead atoms. The van der Waals surface area contributed by atoms with Gasteiger partial charge in [-0.15, -0.1) is 13.2 Å². The molecule has 9 heteroatoms. The van der Waals surface area contributed by atoms with E-state index in [1.54, 1.807) is 30.3 Å². The Morgan fingerprint density at radius 1 is 1.04 bits per heavy atom. The lowest BCUT2D eigenvalue weighted by molar-refractivity contribution is -0.274. The van der Waals surface area contributed by atoms with Gasteiger partial charge in [0.05, 0.1) is 5.02 Å². The number of hydrogen-bond acceptors (Lipinski definition) is 4. The van der Waals surface area contributed by atoms with E-state index in [9.17, 15) is 18.0 Å². The molecule has 1 N–H and O–H groups in total. The minimum absolute atomic E-state index is 0.0216. The quantitative estimate of drug-likeness (QED) is 0.568. The highest BCUT2D eigenvalue weighted by Gasteiger charge is 2.31. The Bertz CT molecular complexity index is 954. The van der Waals surface area contributed by atoms with Crippen LogP contribution in [0.5, 0.6) is 11.5 Å². The molecule has 0 unspecified atom stereocenters. The van der Waals surface area contributed by atoms with Crippen LogP contribution in [0.15, 0.2) is 65.1 Å². The predicted molar refractivity (Wildman–Crippen MR) is 95.6 cm³/mol. The van der Waals surface area contributed by atoms with Crippen molar-refractivity contribution in [3.05, 3.63) is 77.2 Å². The number of carbonyl (C=O) groups is 1. The van der Waals surface area contributed by atoms with E-state index in [0.29, 0.717) is 16.5 Å². The van der Waals surface area contributed by atoms with Gasteiger partial charge in [0, 0.05) is 5.69 Å². The average Bonchev–Trinajstić information content (AvgIpc) is 3.11. The number of rotatable bonds is 6. The van der Waals surface area contributed by atoms with E-state index in [-0.39, 0.29) is 23.8 Å². The Balaban J connectivity index is 1.57. The van der Waals surface area contributed by atoms with Crippen LogP contribution in [0.3, 0.4) is 0 Å². The lowest BCUT2D eigenvalue weighted by Crippen LogP contribution is -2.17. The van der Waals surface area contributed by atoms with Crippen LogP contribution in [0.1, 0.15) is 16.3 Å². The fourth-order valence-electron chi connectivity index (χ4n) is 2.22. The second kappa shape index (κ2) is 8.26. The first-order valence-electron chi connectivity index (χ1n) is 7.93.